The molecule has 0 saturated carbocycles. The summed E-state index contributed by atoms with van der Waals surface area (Å²) in [5, 5.41) is 0. The van der Waals surface area contributed by atoms with E-state index in [0.717, 1.165) is 23.5 Å². The highest BCUT2D eigenvalue weighted by molar-refractivity contribution is 5.82. The van der Waals surface area contributed by atoms with Crippen LogP contribution in [0.1, 0.15) is 56.7 Å². The average Bonchev–Trinajstić information content (AvgIpc) is 2.53. The lowest BCUT2D eigenvalue weighted by atomic mass is 9.84. The lowest BCUT2D eigenvalue weighted by molar-refractivity contribution is 0.105. The lowest BCUT2D eigenvalue weighted by Crippen LogP contribution is -2.29. The van der Waals surface area contributed by atoms with E-state index in [1.165, 1.54) is 41.5 Å². The number of hydrogen-bond acceptors (Lipinski definition) is 2. The zero-order valence-electron chi connectivity index (χ0n) is 15.5. The van der Waals surface area contributed by atoms with Crippen LogP contribution in [0.25, 0.3) is 11.1 Å². The van der Waals surface area contributed by atoms with Crippen molar-refractivity contribution < 1.29 is 9.47 Å². The standard InChI is InChI=1S/C22H28O2/c1-6-7-8-9-16-13-19(23-5)21-17-12-15(2)10-11-18(17)22(3,4)24-20(21)14-16/h10-14H,6-9H2,1-5H3. The normalized spacial score (nSPS) is 14.5. The molecule has 0 amide bonds. The van der Waals surface area contributed by atoms with Crippen molar-refractivity contribution in [3.05, 3.63) is 47.0 Å². The predicted molar refractivity (Wildman–Crippen MR) is 100 cm³/mol. The molecule has 0 fully saturated rings. The third-order valence-corrected chi connectivity index (χ3v) is 4.87. The van der Waals surface area contributed by atoms with Crippen LogP contribution < -0.4 is 9.47 Å². The Bertz CT molecular complexity index is 744. The van der Waals surface area contributed by atoms with Crippen LogP contribution in [0.15, 0.2) is 30.3 Å². The molecule has 2 heteroatoms. The van der Waals surface area contributed by atoms with Crippen molar-refractivity contribution in [2.24, 2.45) is 0 Å². The van der Waals surface area contributed by atoms with Crippen LogP contribution in [0.4, 0.5) is 0 Å². The van der Waals surface area contributed by atoms with Crippen LogP contribution in [0.5, 0.6) is 11.5 Å². The molecule has 2 nitrogen and oxygen atoms in total. The first-order chi connectivity index (χ1) is 11.5. The quantitative estimate of drug-likeness (QED) is 0.625. The highest BCUT2D eigenvalue weighted by Crippen LogP contribution is 2.50. The van der Waals surface area contributed by atoms with Crippen molar-refractivity contribution in [2.45, 2.75) is 59.0 Å². The summed E-state index contributed by atoms with van der Waals surface area (Å²) in [4.78, 5) is 0. The molecule has 0 saturated heterocycles. The van der Waals surface area contributed by atoms with E-state index < -0.39 is 0 Å². The zero-order valence-corrected chi connectivity index (χ0v) is 15.5. The summed E-state index contributed by atoms with van der Waals surface area (Å²) < 4.78 is 12.1. The molecule has 0 aromatic heterocycles. The molecule has 0 N–H and O–H groups in total. The van der Waals surface area contributed by atoms with E-state index in [9.17, 15) is 0 Å². The van der Waals surface area contributed by atoms with Gasteiger partial charge in [0.1, 0.15) is 17.1 Å². The monoisotopic (exact) mass is 324 g/mol. The lowest BCUT2D eigenvalue weighted by Gasteiger charge is -2.36. The van der Waals surface area contributed by atoms with E-state index in [1.807, 2.05) is 0 Å². The number of unbranched alkanes of at least 4 members (excludes halogenated alkanes) is 2. The van der Waals surface area contributed by atoms with E-state index in [0.29, 0.717) is 0 Å². The van der Waals surface area contributed by atoms with E-state index in [2.05, 4.69) is 58.0 Å². The minimum Gasteiger partial charge on any atom is -0.496 e. The second-order valence-corrected chi connectivity index (χ2v) is 7.29. The smallest absolute Gasteiger partial charge is 0.132 e. The van der Waals surface area contributed by atoms with Gasteiger partial charge in [-0.05, 0) is 56.9 Å². The van der Waals surface area contributed by atoms with Gasteiger partial charge in [0, 0.05) is 5.56 Å². The third-order valence-electron chi connectivity index (χ3n) is 4.87. The summed E-state index contributed by atoms with van der Waals surface area (Å²) in [5.74, 6) is 1.87. The number of rotatable bonds is 5. The number of hydrogen-bond donors (Lipinski definition) is 0. The summed E-state index contributed by atoms with van der Waals surface area (Å²) >= 11 is 0. The maximum absolute atomic E-state index is 6.40. The summed E-state index contributed by atoms with van der Waals surface area (Å²) in [6, 6.07) is 11.0. The van der Waals surface area contributed by atoms with Gasteiger partial charge in [-0.15, -0.1) is 0 Å². The van der Waals surface area contributed by atoms with Crippen LogP contribution in [0.3, 0.4) is 0 Å². The first kappa shape index (κ1) is 16.9. The number of benzene rings is 2. The Morgan fingerprint density at radius 3 is 2.58 bits per heavy atom. The van der Waals surface area contributed by atoms with Crippen molar-refractivity contribution in [3.63, 3.8) is 0 Å². The summed E-state index contributed by atoms with van der Waals surface area (Å²) in [7, 11) is 1.75. The minimum atomic E-state index is -0.330. The molecular formula is C22H28O2. The summed E-state index contributed by atoms with van der Waals surface area (Å²) in [6.07, 6.45) is 4.77. The SMILES string of the molecule is CCCCCc1cc(OC)c2c(c1)OC(C)(C)c1ccc(C)cc1-2. The Balaban J connectivity index is 2.13. The van der Waals surface area contributed by atoms with Crippen LogP contribution >= 0.6 is 0 Å². The number of ether oxygens (including phenoxy) is 2. The summed E-state index contributed by atoms with van der Waals surface area (Å²) in [5.41, 5.74) is 5.77. The summed E-state index contributed by atoms with van der Waals surface area (Å²) in [6.45, 7) is 8.65. The molecule has 1 aliphatic rings. The van der Waals surface area contributed by atoms with Crippen LogP contribution in [-0.4, -0.2) is 7.11 Å². The fourth-order valence-electron chi connectivity index (χ4n) is 3.59. The molecule has 24 heavy (non-hydrogen) atoms. The molecule has 128 valence electrons. The van der Waals surface area contributed by atoms with Gasteiger partial charge >= 0.3 is 0 Å². The first-order valence-corrected chi connectivity index (χ1v) is 8.97. The Kier molecular flexibility index (Phi) is 4.58. The fourth-order valence-corrected chi connectivity index (χ4v) is 3.59. The second kappa shape index (κ2) is 6.51. The molecule has 3 rings (SSSR count). The molecule has 0 bridgehead atoms. The average molecular weight is 324 g/mol. The molecule has 0 atom stereocenters. The van der Waals surface area contributed by atoms with Gasteiger partial charge in [-0.2, -0.15) is 0 Å². The van der Waals surface area contributed by atoms with Gasteiger partial charge in [0.15, 0.2) is 0 Å². The van der Waals surface area contributed by atoms with Gasteiger partial charge in [-0.1, -0.05) is 43.5 Å². The predicted octanol–water partition coefficient (Wildman–Crippen LogP) is 6.03. The maximum atomic E-state index is 6.40. The topological polar surface area (TPSA) is 18.5 Å². The van der Waals surface area contributed by atoms with Crippen molar-refractivity contribution in [1.29, 1.82) is 0 Å². The molecule has 0 radical (unpaired) electrons. The second-order valence-electron chi connectivity index (χ2n) is 7.29. The highest BCUT2D eigenvalue weighted by Gasteiger charge is 2.34. The van der Waals surface area contributed by atoms with Gasteiger partial charge in [-0.3, -0.25) is 0 Å². The molecule has 0 unspecified atom stereocenters. The minimum absolute atomic E-state index is 0.330. The van der Waals surface area contributed by atoms with Crippen LogP contribution in [0, 0.1) is 6.92 Å². The van der Waals surface area contributed by atoms with E-state index >= 15 is 0 Å². The van der Waals surface area contributed by atoms with Crippen LogP contribution in [-0.2, 0) is 12.0 Å². The number of aryl methyl sites for hydroxylation is 2. The first-order valence-electron chi connectivity index (χ1n) is 8.97. The zero-order chi connectivity index (χ0) is 17.3. The fraction of sp³-hybridized carbons (Fsp3) is 0.455. The molecular weight excluding hydrogens is 296 g/mol. The number of methoxy groups -OCH3 is 1. The van der Waals surface area contributed by atoms with Gasteiger partial charge in [0.05, 0.1) is 12.7 Å². The highest BCUT2D eigenvalue weighted by atomic mass is 16.5. The van der Waals surface area contributed by atoms with Gasteiger partial charge in [-0.25, -0.2) is 0 Å². The third kappa shape index (κ3) is 3.02. The molecule has 2 aromatic carbocycles. The molecule has 2 aromatic rings. The van der Waals surface area contributed by atoms with Crippen molar-refractivity contribution in [1.82, 2.24) is 0 Å². The van der Waals surface area contributed by atoms with E-state index in [-0.39, 0.29) is 5.60 Å². The van der Waals surface area contributed by atoms with E-state index in [4.69, 9.17) is 9.47 Å². The Labute approximate surface area is 145 Å². The molecule has 1 aliphatic heterocycles. The Hall–Kier alpha value is -1.96. The number of fused-ring (bicyclic) bond motifs is 3. The molecule has 0 spiro atoms. The maximum Gasteiger partial charge on any atom is 0.132 e. The van der Waals surface area contributed by atoms with E-state index in [1.54, 1.807) is 7.11 Å². The largest absolute Gasteiger partial charge is 0.496 e. The van der Waals surface area contributed by atoms with Gasteiger partial charge in [0.2, 0.25) is 0 Å². The Morgan fingerprint density at radius 2 is 1.88 bits per heavy atom. The van der Waals surface area contributed by atoms with Crippen molar-refractivity contribution >= 4 is 0 Å². The van der Waals surface area contributed by atoms with Gasteiger partial charge in [0.25, 0.3) is 0 Å². The van der Waals surface area contributed by atoms with Crippen LogP contribution in [0.2, 0.25) is 0 Å². The van der Waals surface area contributed by atoms with Crippen molar-refractivity contribution in [3.8, 4) is 22.6 Å². The van der Waals surface area contributed by atoms with Gasteiger partial charge < -0.3 is 9.47 Å². The Morgan fingerprint density at radius 1 is 1.08 bits per heavy atom. The molecule has 0 aliphatic carbocycles. The molecule has 1 heterocycles. The van der Waals surface area contributed by atoms with Crippen molar-refractivity contribution in [2.75, 3.05) is 7.11 Å².